The van der Waals surface area contributed by atoms with Crippen molar-refractivity contribution in [3.63, 3.8) is 0 Å². The molecular formula is C18H25N3. The average Bonchev–Trinajstić information content (AvgIpc) is 2.51. The highest BCUT2D eigenvalue weighted by Crippen LogP contribution is 2.22. The molecule has 0 amide bonds. The van der Waals surface area contributed by atoms with Crippen LogP contribution in [0.15, 0.2) is 36.5 Å². The molecular weight excluding hydrogens is 258 g/mol. The van der Waals surface area contributed by atoms with E-state index < -0.39 is 0 Å². The van der Waals surface area contributed by atoms with Crippen molar-refractivity contribution >= 4 is 16.6 Å². The molecule has 0 saturated carbocycles. The summed E-state index contributed by atoms with van der Waals surface area (Å²) in [6.07, 6.45) is 4.44. The Balaban J connectivity index is 1.84. The van der Waals surface area contributed by atoms with Gasteiger partial charge in [-0.15, -0.1) is 0 Å². The molecule has 1 fully saturated rings. The Hall–Kier alpha value is -1.61. The Morgan fingerprint density at radius 3 is 3.05 bits per heavy atom. The van der Waals surface area contributed by atoms with E-state index in [0.717, 1.165) is 25.2 Å². The van der Waals surface area contributed by atoms with Crippen molar-refractivity contribution in [2.45, 2.75) is 32.7 Å². The SMILES string of the molecule is CCC1CCN(c2cnc3ccccc3c2)CC(C)CN1. The Kier molecular flexibility index (Phi) is 4.39. The number of fused-ring (bicyclic) bond motifs is 1. The highest BCUT2D eigenvalue weighted by Gasteiger charge is 2.18. The molecule has 21 heavy (non-hydrogen) atoms. The Morgan fingerprint density at radius 2 is 2.19 bits per heavy atom. The number of anilines is 1. The molecule has 1 aromatic heterocycles. The predicted octanol–water partition coefficient (Wildman–Crippen LogP) is 3.45. The molecule has 112 valence electrons. The summed E-state index contributed by atoms with van der Waals surface area (Å²) in [4.78, 5) is 7.12. The Labute approximate surface area is 127 Å². The maximum absolute atomic E-state index is 4.62. The van der Waals surface area contributed by atoms with Crippen LogP contribution in [0.1, 0.15) is 26.7 Å². The van der Waals surface area contributed by atoms with Gasteiger partial charge < -0.3 is 10.2 Å². The van der Waals surface area contributed by atoms with Crippen LogP contribution in [0, 0.1) is 5.92 Å². The summed E-state index contributed by atoms with van der Waals surface area (Å²) in [6.45, 7) is 7.91. The lowest BCUT2D eigenvalue weighted by atomic mass is 10.0. The van der Waals surface area contributed by atoms with Crippen molar-refractivity contribution in [2.24, 2.45) is 5.92 Å². The number of aromatic nitrogens is 1. The maximum Gasteiger partial charge on any atom is 0.0703 e. The van der Waals surface area contributed by atoms with E-state index in [1.165, 1.54) is 23.9 Å². The van der Waals surface area contributed by atoms with Crippen molar-refractivity contribution in [1.29, 1.82) is 0 Å². The van der Waals surface area contributed by atoms with Crippen LogP contribution in [0.4, 0.5) is 5.69 Å². The van der Waals surface area contributed by atoms with Gasteiger partial charge in [0.2, 0.25) is 0 Å². The lowest BCUT2D eigenvalue weighted by Crippen LogP contribution is -2.43. The van der Waals surface area contributed by atoms with E-state index >= 15 is 0 Å². The van der Waals surface area contributed by atoms with Gasteiger partial charge in [0.05, 0.1) is 17.4 Å². The molecule has 3 nitrogen and oxygen atoms in total. The summed E-state index contributed by atoms with van der Waals surface area (Å²) in [5, 5.41) is 4.91. The third-order valence-electron chi connectivity index (χ3n) is 4.47. The second-order valence-corrected chi connectivity index (χ2v) is 6.24. The molecule has 2 unspecified atom stereocenters. The van der Waals surface area contributed by atoms with Crippen LogP contribution < -0.4 is 10.2 Å². The van der Waals surface area contributed by atoms with E-state index in [4.69, 9.17) is 0 Å². The van der Waals surface area contributed by atoms with Gasteiger partial charge in [0.1, 0.15) is 0 Å². The van der Waals surface area contributed by atoms with Crippen molar-refractivity contribution in [1.82, 2.24) is 10.3 Å². The number of hydrogen-bond acceptors (Lipinski definition) is 3. The quantitative estimate of drug-likeness (QED) is 0.915. The lowest BCUT2D eigenvalue weighted by molar-refractivity contribution is 0.388. The zero-order valence-corrected chi connectivity index (χ0v) is 13.0. The fraction of sp³-hybridized carbons (Fsp3) is 0.500. The fourth-order valence-corrected chi connectivity index (χ4v) is 3.13. The first kappa shape index (κ1) is 14.3. The Bertz CT molecular complexity index is 596. The van der Waals surface area contributed by atoms with Crippen LogP contribution in [0.5, 0.6) is 0 Å². The highest BCUT2D eigenvalue weighted by molar-refractivity contribution is 5.81. The molecule has 1 saturated heterocycles. The van der Waals surface area contributed by atoms with Gasteiger partial charge in [-0.05, 0) is 37.4 Å². The lowest BCUT2D eigenvalue weighted by Gasteiger charge is -2.33. The first-order valence-corrected chi connectivity index (χ1v) is 8.09. The number of pyridine rings is 1. The average molecular weight is 283 g/mol. The number of nitrogens with one attached hydrogen (secondary N) is 1. The molecule has 1 aromatic carbocycles. The largest absolute Gasteiger partial charge is 0.370 e. The molecule has 3 heteroatoms. The normalized spacial score (nSPS) is 23.8. The summed E-state index contributed by atoms with van der Waals surface area (Å²) in [7, 11) is 0. The molecule has 0 bridgehead atoms. The van der Waals surface area contributed by atoms with Crippen LogP contribution in [-0.2, 0) is 0 Å². The molecule has 2 heterocycles. The van der Waals surface area contributed by atoms with E-state index in [2.05, 4.69) is 53.3 Å². The molecule has 0 aliphatic carbocycles. The third-order valence-corrected chi connectivity index (χ3v) is 4.47. The molecule has 0 spiro atoms. The van der Waals surface area contributed by atoms with Crippen molar-refractivity contribution in [3.8, 4) is 0 Å². The maximum atomic E-state index is 4.62. The number of benzene rings is 1. The smallest absolute Gasteiger partial charge is 0.0703 e. The standard InChI is InChI=1S/C18H25N3/c1-3-16-8-9-21(13-14(2)11-19-16)17-10-15-6-4-5-7-18(15)20-12-17/h4-7,10,12,14,16,19H,3,8-9,11,13H2,1-2H3. The molecule has 1 aliphatic rings. The molecule has 2 atom stereocenters. The van der Waals surface area contributed by atoms with E-state index in [9.17, 15) is 0 Å². The zero-order valence-electron chi connectivity index (χ0n) is 13.0. The van der Waals surface area contributed by atoms with Crippen LogP contribution >= 0.6 is 0 Å². The fourth-order valence-electron chi connectivity index (χ4n) is 3.13. The number of rotatable bonds is 2. The van der Waals surface area contributed by atoms with Gasteiger partial charge in [0, 0.05) is 24.5 Å². The molecule has 1 aliphatic heterocycles. The minimum Gasteiger partial charge on any atom is -0.370 e. The van der Waals surface area contributed by atoms with Gasteiger partial charge in [-0.3, -0.25) is 4.98 Å². The van der Waals surface area contributed by atoms with E-state index in [1.54, 1.807) is 0 Å². The first-order valence-electron chi connectivity index (χ1n) is 8.09. The van der Waals surface area contributed by atoms with E-state index in [1.807, 2.05) is 12.3 Å². The summed E-state index contributed by atoms with van der Waals surface area (Å²) in [5.74, 6) is 0.658. The van der Waals surface area contributed by atoms with Gasteiger partial charge in [-0.1, -0.05) is 32.0 Å². The number of para-hydroxylation sites is 1. The van der Waals surface area contributed by atoms with E-state index in [0.29, 0.717) is 12.0 Å². The molecule has 0 radical (unpaired) electrons. The van der Waals surface area contributed by atoms with Crippen molar-refractivity contribution < 1.29 is 0 Å². The molecule has 3 rings (SSSR count). The number of hydrogen-bond donors (Lipinski definition) is 1. The van der Waals surface area contributed by atoms with Crippen LogP contribution in [0.3, 0.4) is 0 Å². The molecule has 1 N–H and O–H groups in total. The Morgan fingerprint density at radius 1 is 1.33 bits per heavy atom. The first-order chi connectivity index (χ1) is 10.3. The van der Waals surface area contributed by atoms with Gasteiger partial charge >= 0.3 is 0 Å². The van der Waals surface area contributed by atoms with Gasteiger partial charge in [0.25, 0.3) is 0 Å². The van der Waals surface area contributed by atoms with Gasteiger partial charge in [-0.2, -0.15) is 0 Å². The third kappa shape index (κ3) is 3.35. The van der Waals surface area contributed by atoms with Crippen LogP contribution in [-0.4, -0.2) is 30.7 Å². The second kappa shape index (κ2) is 6.44. The molecule has 2 aromatic rings. The topological polar surface area (TPSA) is 28.2 Å². The van der Waals surface area contributed by atoms with Crippen molar-refractivity contribution in [3.05, 3.63) is 36.5 Å². The predicted molar refractivity (Wildman–Crippen MR) is 89.8 cm³/mol. The monoisotopic (exact) mass is 283 g/mol. The van der Waals surface area contributed by atoms with Crippen LogP contribution in [0.25, 0.3) is 10.9 Å². The summed E-state index contributed by atoms with van der Waals surface area (Å²) in [5.41, 5.74) is 2.34. The summed E-state index contributed by atoms with van der Waals surface area (Å²) < 4.78 is 0. The van der Waals surface area contributed by atoms with Crippen molar-refractivity contribution in [2.75, 3.05) is 24.5 Å². The van der Waals surface area contributed by atoms with E-state index in [-0.39, 0.29) is 0 Å². The number of nitrogens with zero attached hydrogens (tertiary/aromatic N) is 2. The summed E-state index contributed by atoms with van der Waals surface area (Å²) in [6, 6.07) is 11.3. The highest BCUT2D eigenvalue weighted by atomic mass is 15.1. The zero-order chi connectivity index (χ0) is 14.7. The van der Waals surface area contributed by atoms with Gasteiger partial charge in [-0.25, -0.2) is 0 Å². The minimum absolute atomic E-state index is 0.642. The summed E-state index contributed by atoms with van der Waals surface area (Å²) >= 11 is 0. The van der Waals surface area contributed by atoms with Gasteiger partial charge in [0.15, 0.2) is 0 Å². The van der Waals surface area contributed by atoms with Crippen LogP contribution in [0.2, 0.25) is 0 Å². The second-order valence-electron chi connectivity index (χ2n) is 6.24. The minimum atomic E-state index is 0.642.